The van der Waals surface area contributed by atoms with Gasteiger partial charge in [-0.1, -0.05) is 44.4 Å². The predicted molar refractivity (Wildman–Crippen MR) is 81.0 cm³/mol. The average molecular weight is 334 g/mol. The van der Waals surface area contributed by atoms with Gasteiger partial charge in [-0.3, -0.25) is 0 Å². The van der Waals surface area contributed by atoms with Crippen molar-refractivity contribution in [2.24, 2.45) is 5.92 Å². The second-order valence-electron chi connectivity index (χ2n) is 6.12. The third kappa shape index (κ3) is 6.65. The Morgan fingerprint density at radius 1 is 1.22 bits per heavy atom. The third-order valence-electron chi connectivity index (χ3n) is 4.00. The van der Waals surface area contributed by atoms with Crippen molar-refractivity contribution in [3.63, 3.8) is 0 Å². The fraction of sp³-hybridized carbons (Fsp3) is 0.765. The highest BCUT2D eigenvalue weighted by molar-refractivity contribution is 5.27. The molecule has 1 aliphatic carbocycles. The summed E-state index contributed by atoms with van der Waals surface area (Å²) in [5.41, 5.74) is 0.865. The van der Waals surface area contributed by atoms with Gasteiger partial charge >= 0.3 is 6.18 Å². The molecular weight excluding hydrogens is 309 g/mol. The summed E-state index contributed by atoms with van der Waals surface area (Å²) in [6.07, 6.45) is 5.13. The molecule has 0 aromatic rings. The lowest BCUT2D eigenvalue weighted by molar-refractivity contribution is -0.183. The van der Waals surface area contributed by atoms with Crippen molar-refractivity contribution in [2.75, 3.05) is 19.8 Å². The van der Waals surface area contributed by atoms with Crippen LogP contribution in [-0.2, 0) is 14.2 Å². The van der Waals surface area contributed by atoms with Gasteiger partial charge in [-0.15, -0.1) is 0 Å². The van der Waals surface area contributed by atoms with E-state index < -0.39 is 25.2 Å². The summed E-state index contributed by atoms with van der Waals surface area (Å²) in [5.74, 6) is 0.439. The predicted octanol–water partition coefficient (Wildman–Crippen LogP) is 4.39. The summed E-state index contributed by atoms with van der Waals surface area (Å²) < 4.78 is 52.7. The van der Waals surface area contributed by atoms with Crippen molar-refractivity contribution in [3.05, 3.63) is 23.8 Å². The maximum Gasteiger partial charge on any atom is 0.411 e. The zero-order chi connectivity index (χ0) is 16.7. The van der Waals surface area contributed by atoms with Crippen LogP contribution in [0.1, 0.15) is 39.0 Å². The molecule has 6 heteroatoms. The van der Waals surface area contributed by atoms with Crippen molar-refractivity contribution in [1.82, 2.24) is 0 Å². The van der Waals surface area contributed by atoms with Gasteiger partial charge in [-0.25, -0.2) is 0 Å². The van der Waals surface area contributed by atoms with Crippen LogP contribution in [0.4, 0.5) is 13.2 Å². The highest BCUT2D eigenvalue weighted by Gasteiger charge is 2.30. The Morgan fingerprint density at radius 2 is 1.96 bits per heavy atom. The number of alkyl halides is 3. The monoisotopic (exact) mass is 334 g/mol. The fourth-order valence-electron chi connectivity index (χ4n) is 2.70. The van der Waals surface area contributed by atoms with Gasteiger partial charge in [0, 0.05) is 11.5 Å². The Labute approximate surface area is 135 Å². The van der Waals surface area contributed by atoms with E-state index >= 15 is 0 Å². The topological polar surface area (TPSA) is 27.7 Å². The lowest BCUT2D eigenvalue weighted by Crippen LogP contribution is -2.33. The van der Waals surface area contributed by atoms with Crippen molar-refractivity contribution in [2.45, 2.75) is 57.6 Å². The molecule has 23 heavy (non-hydrogen) atoms. The second kappa shape index (κ2) is 8.85. The molecule has 0 bridgehead atoms. The van der Waals surface area contributed by atoms with Gasteiger partial charge in [-0.2, -0.15) is 13.2 Å². The lowest BCUT2D eigenvalue weighted by atomic mass is 10.0. The van der Waals surface area contributed by atoms with E-state index in [1.807, 2.05) is 6.08 Å². The SMILES string of the molecule is CCCCCC1COC(C2=CCC(OCC(F)(F)F)C=C2)OC1. The van der Waals surface area contributed by atoms with Crippen LogP contribution in [0.5, 0.6) is 0 Å². The van der Waals surface area contributed by atoms with Crippen LogP contribution in [-0.4, -0.2) is 38.4 Å². The van der Waals surface area contributed by atoms with E-state index in [2.05, 4.69) is 6.92 Å². The van der Waals surface area contributed by atoms with E-state index in [4.69, 9.17) is 14.2 Å². The van der Waals surface area contributed by atoms with Crippen LogP contribution in [0.2, 0.25) is 0 Å². The Hall–Kier alpha value is -0.850. The molecule has 0 N–H and O–H groups in total. The zero-order valence-corrected chi connectivity index (χ0v) is 13.5. The first-order valence-electron chi connectivity index (χ1n) is 8.27. The average Bonchev–Trinajstić information content (AvgIpc) is 2.54. The molecule has 132 valence electrons. The Morgan fingerprint density at radius 3 is 2.52 bits per heavy atom. The molecule has 0 spiro atoms. The largest absolute Gasteiger partial charge is 0.411 e. The van der Waals surface area contributed by atoms with Gasteiger partial charge in [-0.05, 0) is 12.8 Å². The summed E-state index contributed by atoms with van der Waals surface area (Å²) in [4.78, 5) is 0. The van der Waals surface area contributed by atoms with Crippen LogP contribution in [0.3, 0.4) is 0 Å². The van der Waals surface area contributed by atoms with Crippen molar-refractivity contribution >= 4 is 0 Å². The first-order valence-corrected chi connectivity index (χ1v) is 8.27. The minimum Gasteiger partial charge on any atom is -0.364 e. The number of hydrogen-bond acceptors (Lipinski definition) is 3. The van der Waals surface area contributed by atoms with Gasteiger partial charge in [0.05, 0.1) is 19.3 Å². The molecule has 3 nitrogen and oxygen atoms in total. The molecule has 1 aliphatic heterocycles. The molecule has 0 saturated carbocycles. The molecule has 2 rings (SSSR count). The van der Waals surface area contributed by atoms with Gasteiger partial charge in [0.15, 0.2) is 6.29 Å². The van der Waals surface area contributed by atoms with Crippen molar-refractivity contribution in [1.29, 1.82) is 0 Å². The first-order chi connectivity index (χ1) is 11.0. The fourth-order valence-corrected chi connectivity index (χ4v) is 2.70. The molecule has 1 unspecified atom stereocenters. The van der Waals surface area contributed by atoms with E-state index in [0.717, 1.165) is 12.0 Å². The maximum absolute atomic E-state index is 12.1. The number of halogens is 3. The standard InChI is InChI=1S/C17H25F3O3/c1-2-3-4-5-13-10-21-16(22-11-13)14-6-8-15(9-7-14)23-12-17(18,19)20/h6-8,13,15-16H,2-5,9-12H2,1H3. The van der Waals surface area contributed by atoms with Gasteiger partial charge in [0.2, 0.25) is 0 Å². The van der Waals surface area contributed by atoms with Crippen molar-refractivity contribution in [3.8, 4) is 0 Å². The Kier molecular flexibility index (Phi) is 7.11. The minimum absolute atomic E-state index is 0.405. The van der Waals surface area contributed by atoms with Gasteiger partial charge in [0.25, 0.3) is 0 Å². The summed E-state index contributed by atoms with van der Waals surface area (Å²) in [6.45, 7) is 2.31. The van der Waals surface area contributed by atoms with Crippen molar-refractivity contribution < 1.29 is 27.4 Å². The summed E-state index contributed by atoms with van der Waals surface area (Å²) >= 11 is 0. The molecule has 1 fully saturated rings. The van der Waals surface area contributed by atoms with Crippen LogP contribution in [0.25, 0.3) is 0 Å². The van der Waals surface area contributed by atoms with E-state index in [1.54, 1.807) is 12.2 Å². The molecule has 0 radical (unpaired) electrons. The molecule has 0 amide bonds. The number of ether oxygens (including phenoxy) is 3. The molecular formula is C17H25F3O3. The maximum atomic E-state index is 12.1. The van der Waals surface area contributed by atoms with Crippen LogP contribution < -0.4 is 0 Å². The molecule has 2 aliphatic rings. The van der Waals surface area contributed by atoms with E-state index in [9.17, 15) is 13.2 Å². The molecule has 0 aromatic carbocycles. The molecule has 0 aromatic heterocycles. The second-order valence-corrected chi connectivity index (χ2v) is 6.12. The smallest absolute Gasteiger partial charge is 0.364 e. The highest BCUT2D eigenvalue weighted by Crippen LogP contribution is 2.25. The van der Waals surface area contributed by atoms with Gasteiger partial charge in [0.1, 0.15) is 6.61 Å². The molecule has 1 saturated heterocycles. The third-order valence-corrected chi connectivity index (χ3v) is 4.00. The Balaban J connectivity index is 1.69. The summed E-state index contributed by atoms with van der Waals surface area (Å²) in [5, 5.41) is 0. The van der Waals surface area contributed by atoms with E-state index in [-0.39, 0.29) is 0 Å². The van der Waals surface area contributed by atoms with Crippen LogP contribution in [0, 0.1) is 5.92 Å². The zero-order valence-electron chi connectivity index (χ0n) is 13.5. The highest BCUT2D eigenvalue weighted by atomic mass is 19.4. The molecule has 1 atom stereocenters. The quantitative estimate of drug-likeness (QED) is 0.646. The van der Waals surface area contributed by atoms with Crippen LogP contribution >= 0.6 is 0 Å². The number of hydrogen-bond donors (Lipinski definition) is 0. The minimum atomic E-state index is -4.29. The lowest BCUT2D eigenvalue weighted by Gasteiger charge is -2.31. The Bertz CT molecular complexity index is 410. The van der Waals surface area contributed by atoms with E-state index in [0.29, 0.717) is 25.6 Å². The number of unbranched alkanes of at least 4 members (excludes halogenated alkanes) is 2. The van der Waals surface area contributed by atoms with Gasteiger partial charge < -0.3 is 14.2 Å². The molecule has 1 heterocycles. The van der Waals surface area contributed by atoms with E-state index in [1.165, 1.54) is 19.3 Å². The number of rotatable bonds is 7. The normalized spacial score (nSPS) is 28.7. The van der Waals surface area contributed by atoms with Crippen LogP contribution in [0.15, 0.2) is 23.8 Å². The summed E-state index contributed by atoms with van der Waals surface area (Å²) in [6, 6.07) is 0. The summed E-state index contributed by atoms with van der Waals surface area (Å²) in [7, 11) is 0. The first kappa shape index (κ1) is 18.5.